The van der Waals surface area contributed by atoms with E-state index in [0.717, 1.165) is 19.4 Å². The smallest absolute Gasteiger partial charge is 0.0447 e. The molecule has 0 aliphatic rings. The molecule has 2 nitrogen and oxygen atoms in total. The first-order valence-corrected chi connectivity index (χ1v) is 5.84. The molecule has 84 valence electrons. The van der Waals surface area contributed by atoms with Gasteiger partial charge in [0, 0.05) is 12.6 Å². The van der Waals surface area contributed by atoms with Crippen LogP contribution < -0.4 is 11.1 Å². The van der Waals surface area contributed by atoms with Crippen LogP contribution in [0.3, 0.4) is 0 Å². The predicted molar refractivity (Wildman–Crippen MR) is 65.9 cm³/mol. The molecule has 0 spiro atoms. The van der Waals surface area contributed by atoms with E-state index in [1.807, 2.05) is 0 Å². The van der Waals surface area contributed by atoms with Crippen LogP contribution in [-0.4, -0.2) is 13.1 Å². The molecule has 0 aromatic heterocycles. The minimum Gasteiger partial charge on any atom is -0.329 e. The highest BCUT2D eigenvalue weighted by atomic mass is 14.9. The van der Waals surface area contributed by atoms with Crippen LogP contribution in [0.2, 0.25) is 0 Å². The van der Waals surface area contributed by atoms with Gasteiger partial charge in [0.05, 0.1) is 0 Å². The van der Waals surface area contributed by atoms with Crippen molar-refractivity contribution in [2.75, 3.05) is 13.1 Å². The van der Waals surface area contributed by atoms with E-state index in [9.17, 15) is 0 Å². The molecule has 0 radical (unpaired) electrons. The number of hydrogen-bond acceptors (Lipinski definition) is 2. The molecule has 3 N–H and O–H groups in total. The summed E-state index contributed by atoms with van der Waals surface area (Å²) >= 11 is 0. The first kappa shape index (κ1) is 12.2. The lowest BCUT2D eigenvalue weighted by Gasteiger charge is -2.19. The Morgan fingerprint density at radius 3 is 2.60 bits per heavy atom. The molecule has 0 aliphatic heterocycles. The summed E-state index contributed by atoms with van der Waals surface area (Å²) in [7, 11) is 0. The Kier molecular flexibility index (Phi) is 5.37. The van der Waals surface area contributed by atoms with Crippen molar-refractivity contribution >= 4 is 0 Å². The van der Waals surface area contributed by atoms with Crippen LogP contribution in [0.1, 0.15) is 37.4 Å². The lowest BCUT2D eigenvalue weighted by atomic mass is 9.98. The van der Waals surface area contributed by atoms with E-state index in [1.54, 1.807) is 0 Å². The molecule has 2 heteroatoms. The molecule has 0 saturated heterocycles. The number of benzene rings is 1. The third-order valence-corrected chi connectivity index (χ3v) is 2.69. The fraction of sp³-hybridized carbons (Fsp3) is 0.538. The van der Waals surface area contributed by atoms with Crippen LogP contribution >= 0.6 is 0 Å². The topological polar surface area (TPSA) is 38.0 Å². The SMILES string of the molecule is CCCNC(CN)c1ccccc1CC. The Morgan fingerprint density at radius 2 is 2.00 bits per heavy atom. The van der Waals surface area contributed by atoms with E-state index in [0.29, 0.717) is 12.6 Å². The number of aryl methyl sites for hydroxylation is 1. The van der Waals surface area contributed by atoms with Crippen LogP contribution in [0.15, 0.2) is 24.3 Å². The van der Waals surface area contributed by atoms with Crippen molar-refractivity contribution in [2.24, 2.45) is 5.73 Å². The molecular formula is C13H22N2. The van der Waals surface area contributed by atoms with Crippen LogP contribution in [0, 0.1) is 0 Å². The zero-order chi connectivity index (χ0) is 11.1. The van der Waals surface area contributed by atoms with E-state index >= 15 is 0 Å². The van der Waals surface area contributed by atoms with Crippen molar-refractivity contribution in [1.29, 1.82) is 0 Å². The van der Waals surface area contributed by atoms with Crippen molar-refractivity contribution in [3.63, 3.8) is 0 Å². The fourth-order valence-electron chi connectivity index (χ4n) is 1.83. The number of hydrogen-bond donors (Lipinski definition) is 2. The van der Waals surface area contributed by atoms with Gasteiger partial charge in [-0.15, -0.1) is 0 Å². The fourth-order valence-corrected chi connectivity index (χ4v) is 1.83. The second-order valence-electron chi connectivity index (χ2n) is 3.79. The highest BCUT2D eigenvalue weighted by molar-refractivity contribution is 5.30. The summed E-state index contributed by atoms with van der Waals surface area (Å²) in [5, 5.41) is 3.49. The van der Waals surface area contributed by atoms with Gasteiger partial charge in [-0.25, -0.2) is 0 Å². The molecule has 0 fully saturated rings. The average Bonchev–Trinajstić information content (AvgIpc) is 2.30. The quantitative estimate of drug-likeness (QED) is 0.749. The second-order valence-corrected chi connectivity index (χ2v) is 3.79. The van der Waals surface area contributed by atoms with Gasteiger partial charge in [0.25, 0.3) is 0 Å². The second kappa shape index (κ2) is 6.59. The lowest BCUT2D eigenvalue weighted by Crippen LogP contribution is -2.29. The molecule has 15 heavy (non-hydrogen) atoms. The zero-order valence-electron chi connectivity index (χ0n) is 9.79. The number of nitrogens with one attached hydrogen (secondary N) is 1. The van der Waals surface area contributed by atoms with E-state index in [4.69, 9.17) is 5.73 Å². The van der Waals surface area contributed by atoms with Gasteiger partial charge in [-0.2, -0.15) is 0 Å². The molecular weight excluding hydrogens is 184 g/mol. The first-order valence-electron chi connectivity index (χ1n) is 5.84. The third-order valence-electron chi connectivity index (χ3n) is 2.69. The Hall–Kier alpha value is -0.860. The van der Waals surface area contributed by atoms with Gasteiger partial charge in [-0.05, 0) is 30.5 Å². The monoisotopic (exact) mass is 206 g/mol. The van der Waals surface area contributed by atoms with Crippen molar-refractivity contribution in [3.05, 3.63) is 35.4 Å². The highest BCUT2D eigenvalue weighted by Gasteiger charge is 2.10. The zero-order valence-corrected chi connectivity index (χ0v) is 9.79. The van der Waals surface area contributed by atoms with Gasteiger partial charge in [0.1, 0.15) is 0 Å². The van der Waals surface area contributed by atoms with Crippen molar-refractivity contribution in [1.82, 2.24) is 5.32 Å². The minimum atomic E-state index is 0.307. The summed E-state index contributed by atoms with van der Waals surface area (Å²) in [5.41, 5.74) is 8.56. The van der Waals surface area contributed by atoms with E-state index in [2.05, 4.69) is 43.4 Å². The molecule has 1 rings (SSSR count). The van der Waals surface area contributed by atoms with Gasteiger partial charge in [-0.3, -0.25) is 0 Å². The van der Waals surface area contributed by atoms with Crippen LogP contribution in [0.4, 0.5) is 0 Å². The summed E-state index contributed by atoms with van der Waals surface area (Å²) in [6, 6.07) is 8.85. The molecule has 0 heterocycles. The maximum Gasteiger partial charge on any atom is 0.0447 e. The highest BCUT2D eigenvalue weighted by Crippen LogP contribution is 2.17. The normalized spacial score (nSPS) is 12.7. The predicted octanol–water partition coefficient (Wildman–Crippen LogP) is 2.25. The van der Waals surface area contributed by atoms with Crippen LogP contribution in [-0.2, 0) is 6.42 Å². The lowest BCUT2D eigenvalue weighted by molar-refractivity contribution is 0.536. The van der Waals surface area contributed by atoms with Gasteiger partial charge < -0.3 is 11.1 Å². The Labute approximate surface area is 92.9 Å². The van der Waals surface area contributed by atoms with E-state index in [-0.39, 0.29) is 0 Å². The van der Waals surface area contributed by atoms with Crippen molar-refractivity contribution in [3.8, 4) is 0 Å². The summed E-state index contributed by atoms with van der Waals surface area (Å²) in [6.45, 7) is 6.05. The maximum atomic E-state index is 5.81. The molecule has 0 aliphatic carbocycles. The number of nitrogens with two attached hydrogens (primary N) is 1. The molecule has 0 saturated carbocycles. The summed E-state index contributed by atoms with van der Waals surface area (Å²) in [6.07, 6.45) is 2.21. The average molecular weight is 206 g/mol. The standard InChI is InChI=1S/C13H22N2/c1-3-9-15-13(10-14)12-8-6-5-7-11(12)4-2/h5-8,13,15H,3-4,9-10,14H2,1-2H3. The molecule has 1 aromatic carbocycles. The van der Waals surface area contributed by atoms with Crippen LogP contribution in [0.25, 0.3) is 0 Å². The maximum absolute atomic E-state index is 5.81. The third kappa shape index (κ3) is 3.33. The van der Waals surface area contributed by atoms with Crippen LogP contribution in [0.5, 0.6) is 0 Å². The Balaban J connectivity index is 2.80. The molecule has 0 bridgehead atoms. The van der Waals surface area contributed by atoms with Gasteiger partial charge in [0.2, 0.25) is 0 Å². The Morgan fingerprint density at radius 1 is 1.27 bits per heavy atom. The van der Waals surface area contributed by atoms with E-state index < -0.39 is 0 Å². The molecule has 1 aromatic rings. The summed E-state index contributed by atoms with van der Waals surface area (Å²) in [5.74, 6) is 0. The van der Waals surface area contributed by atoms with E-state index in [1.165, 1.54) is 11.1 Å². The Bertz CT molecular complexity index is 284. The molecule has 0 amide bonds. The summed E-state index contributed by atoms with van der Waals surface area (Å²) < 4.78 is 0. The van der Waals surface area contributed by atoms with Crippen molar-refractivity contribution in [2.45, 2.75) is 32.7 Å². The molecule has 1 atom stereocenters. The minimum absolute atomic E-state index is 0.307. The van der Waals surface area contributed by atoms with Gasteiger partial charge >= 0.3 is 0 Å². The summed E-state index contributed by atoms with van der Waals surface area (Å²) in [4.78, 5) is 0. The van der Waals surface area contributed by atoms with Gasteiger partial charge in [-0.1, -0.05) is 38.1 Å². The first-order chi connectivity index (χ1) is 7.33. The number of rotatable bonds is 6. The van der Waals surface area contributed by atoms with Crippen molar-refractivity contribution < 1.29 is 0 Å². The van der Waals surface area contributed by atoms with Gasteiger partial charge in [0.15, 0.2) is 0 Å². The molecule has 1 unspecified atom stereocenters. The largest absolute Gasteiger partial charge is 0.329 e.